The maximum atomic E-state index is 11.4. The lowest BCUT2D eigenvalue weighted by atomic mass is 10.1. The molecule has 1 N–H and O–H groups in total. The molecule has 7 heteroatoms. The molecule has 0 aliphatic heterocycles. The number of sulfone groups is 1. The molecule has 2 atom stereocenters. The van der Waals surface area contributed by atoms with Gasteiger partial charge in [-0.05, 0) is 33.6 Å². The van der Waals surface area contributed by atoms with E-state index in [1.165, 1.54) is 12.1 Å². The summed E-state index contributed by atoms with van der Waals surface area (Å²) in [5.74, 6) is 0. The first kappa shape index (κ1) is 14.3. The van der Waals surface area contributed by atoms with Crippen molar-refractivity contribution in [1.82, 2.24) is 0 Å². The molecule has 0 bridgehead atoms. The smallest absolute Gasteiger partial charge is 0.228 e. The van der Waals surface area contributed by atoms with Gasteiger partial charge in [0.25, 0.3) is 0 Å². The number of halogens is 3. The molecule has 3 nitrogen and oxygen atoms in total. The number of hydrogen-bond acceptors (Lipinski definition) is 3. The summed E-state index contributed by atoms with van der Waals surface area (Å²) in [5, 5.41) is 10.4. The summed E-state index contributed by atoms with van der Waals surface area (Å²) in [6.45, 7) is 0. The fourth-order valence-corrected chi connectivity index (χ4v) is 2.10. The third-order valence-electron chi connectivity index (χ3n) is 2.00. The molecule has 0 aliphatic rings. The van der Waals surface area contributed by atoms with Gasteiger partial charge in [0.15, 0.2) is 9.84 Å². The Morgan fingerprint density at radius 1 is 1.38 bits per heavy atom. The maximum Gasteiger partial charge on any atom is 0.228 e. The Morgan fingerprint density at radius 2 is 1.81 bits per heavy atom. The van der Waals surface area contributed by atoms with E-state index in [1.807, 2.05) is 0 Å². The topological polar surface area (TPSA) is 54.4 Å². The van der Waals surface area contributed by atoms with E-state index in [0.29, 0.717) is 10.6 Å². The van der Waals surface area contributed by atoms with Gasteiger partial charge in [-0.2, -0.15) is 0 Å². The molecule has 0 fully saturated rings. The lowest BCUT2D eigenvalue weighted by Crippen LogP contribution is -2.32. The Morgan fingerprint density at radius 3 is 2.19 bits per heavy atom. The normalized spacial score (nSPS) is 17.8. The monoisotopic (exact) mass is 346 g/mol. The molecule has 0 saturated carbocycles. The highest BCUT2D eigenvalue weighted by molar-refractivity contribution is 9.12. The minimum atomic E-state index is -3.66. The highest BCUT2D eigenvalue weighted by Crippen LogP contribution is 2.42. The van der Waals surface area contributed by atoms with Crippen molar-refractivity contribution < 1.29 is 13.5 Å². The van der Waals surface area contributed by atoms with Crippen LogP contribution >= 0.6 is 39.1 Å². The van der Waals surface area contributed by atoms with Gasteiger partial charge in [-0.1, -0.05) is 35.3 Å². The van der Waals surface area contributed by atoms with Crippen LogP contribution in [-0.2, 0) is 9.84 Å². The molecule has 90 valence electrons. The van der Waals surface area contributed by atoms with Crippen LogP contribution in [0.1, 0.15) is 11.7 Å². The first-order valence-corrected chi connectivity index (χ1v) is 7.61. The number of hydrogen-bond donors (Lipinski definition) is 1. The molecule has 1 aromatic rings. The minimum Gasteiger partial charge on any atom is -0.385 e. The summed E-state index contributed by atoms with van der Waals surface area (Å²) < 4.78 is 20.8. The van der Waals surface area contributed by atoms with Crippen molar-refractivity contribution in [3.8, 4) is 0 Å². The molecule has 0 saturated heterocycles. The zero-order chi connectivity index (χ0) is 12.6. The highest BCUT2D eigenvalue weighted by Gasteiger charge is 2.44. The lowest BCUT2D eigenvalue weighted by molar-refractivity contribution is 0.185. The predicted molar refractivity (Wildman–Crippen MR) is 68.8 cm³/mol. The van der Waals surface area contributed by atoms with E-state index in [2.05, 4.69) is 15.9 Å². The van der Waals surface area contributed by atoms with Gasteiger partial charge < -0.3 is 5.11 Å². The fraction of sp³-hybridized carbons (Fsp3) is 0.333. The van der Waals surface area contributed by atoms with Crippen LogP contribution in [0.5, 0.6) is 0 Å². The van der Waals surface area contributed by atoms with Gasteiger partial charge in [0.2, 0.25) is 3.12 Å². The summed E-state index contributed by atoms with van der Waals surface area (Å²) >= 11 is 14.3. The molecule has 1 rings (SSSR count). The Balaban J connectivity index is 3.12. The molecule has 0 aliphatic carbocycles. The summed E-state index contributed by atoms with van der Waals surface area (Å²) in [6, 6.07) is 6.11. The van der Waals surface area contributed by atoms with Crippen molar-refractivity contribution in [3.05, 3.63) is 34.9 Å². The Labute approximate surface area is 112 Å². The van der Waals surface area contributed by atoms with Gasteiger partial charge in [0.1, 0.15) is 6.10 Å². The van der Waals surface area contributed by atoms with Crippen LogP contribution in [0.15, 0.2) is 24.3 Å². The number of aliphatic hydroxyl groups is 1. The molecule has 0 spiro atoms. The highest BCUT2D eigenvalue weighted by atomic mass is 79.9. The first-order valence-electron chi connectivity index (χ1n) is 4.17. The number of benzene rings is 1. The zero-order valence-corrected chi connectivity index (χ0v) is 12.1. The van der Waals surface area contributed by atoms with Crippen LogP contribution in [0.4, 0.5) is 0 Å². The third-order valence-corrected chi connectivity index (χ3v) is 6.71. The summed E-state index contributed by atoms with van der Waals surface area (Å²) in [5.41, 5.74) is 0.363. The van der Waals surface area contributed by atoms with Crippen LogP contribution in [0.3, 0.4) is 0 Å². The average molecular weight is 348 g/mol. The van der Waals surface area contributed by atoms with Crippen LogP contribution in [0, 0.1) is 0 Å². The van der Waals surface area contributed by atoms with Crippen LogP contribution < -0.4 is 0 Å². The van der Waals surface area contributed by atoms with Gasteiger partial charge >= 0.3 is 0 Å². The van der Waals surface area contributed by atoms with Crippen LogP contribution in [-0.4, -0.2) is 22.9 Å². The number of alkyl halides is 2. The molecule has 0 radical (unpaired) electrons. The molecule has 16 heavy (non-hydrogen) atoms. The van der Waals surface area contributed by atoms with Gasteiger partial charge in [-0.15, -0.1) is 0 Å². The standard InChI is InChI=1S/C9H9BrCl2O3S/c1-16(14,15)9(10,12)8(13)6-2-4-7(11)5-3-6/h2-5,8,13H,1H3/t8-,9-/m0/s1. The molecule has 1 aromatic carbocycles. The minimum absolute atomic E-state index is 0.363. The Hall–Kier alpha value is 0.190. The maximum absolute atomic E-state index is 11.4. The second-order valence-corrected chi connectivity index (χ2v) is 8.97. The van der Waals surface area contributed by atoms with Crippen molar-refractivity contribution in [1.29, 1.82) is 0 Å². The van der Waals surface area contributed by atoms with E-state index in [0.717, 1.165) is 6.26 Å². The SMILES string of the molecule is CS(=O)(=O)[C@](Cl)(Br)[C@@H](O)c1ccc(Cl)cc1. The molecule has 0 heterocycles. The van der Waals surface area contributed by atoms with E-state index in [9.17, 15) is 13.5 Å². The van der Waals surface area contributed by atoms with E-state index < -0.39 is 19.1 Å². The number of aliphatic hydroxyl groups excluding tert-OH is 1. The fourth-order valence-electron chi connectivity index (χ4n) is 1.04. The van der Waals surface area contributed by atoms with E-state index in [1.54, 1.807) is 12.1 Å². The van der Waals surface area contributed by atoms with Crippen molar-refractivity contribution in [2.24, 2.45) is 0 Å². The third kappa shape index (κ3) is 2.90. The van der Waals surface area contributed by atoms with Crippen molar-refractivity contribution in [3.63, 3.8) is 0 Å². The van der Waals surface area contributed by atoms with Crippen LogP contribution in [0.2, 0.25) is 5.02 Å². The molecule has 0 aromatic heterocycles. The first-order chi connectivity index (χ1) is 7.16. The summed E-state index contributed by atoms with van der Waals surface area (Å²) in [4.78, 5) is 0. The predicted octanol–water partition coefficient (Wildman–Crippen LogP) is 2.71. The van der Waals surface area contributed by atoms with E-state index in [-0.39, 0.29) is 0 Å². The van der Waals surface area contributed by atoms with E-state index >= 15 is 0 Å². The quantitative estimate of drug-likeness (QED) is 0.855. The molecule has 0 amide bonds. The van der Waals surface area contributed by atoms with Gasteiger partial charge in [0, 0.05) is 11.3 Å². The van der Waals surface area contributed by atoms with Crippen LogP contribution in [0.25, 0.3) is 0 Å². The Bertz CT molecular complexity index is 470. The van der Waals surface area contributed by atoms with E-state index in [4.69, 9.17) is 23.2 Å². The molecule has 0 unspecified atom stereocenters. The van der Waals surface area contributed by atoms with Crippen molar-refractivity contribution in [2.75, 3.05) is 6.26 Å². The summed E-state index contributed by atoms with van der Waals surface area (Å²) in [7, 11) is -3.66. The van der Waals surface area contributed by atoms with Gasteiger partial charge in [-0.3, -0.25) is 0 Å². The summed E-state index contributed by atoms with van der Waals surface area (Å²) in [6.07, 6.45) is -0.449. The largest absolute Gasteiger partial charge is 0.385 e. The van der Waals surface area contributed by atoms with Gasteiger partial charge in [0.05, 0.1) is 0 Å². The second-order valence-electron chi connectivity index (χ2n) is 3.29. The zero-order valence-electron chi connectivity index (χ0n) is 8.19. The molecular formula is C9H9BrCl2O3S. The lowest BCUT2D eigenvalue weighted by Gasteiger charge is -2.24. The molecular weight excluding hydrogens is 339 g/mol. The average Bonchev–Trinajstić information content (AvgIpc) is 2.16. The van der Waals surface area contributed by atoms with Crippen molar-refractivity contribution >= 4 is 49.0 Å². The van der Waals surface area contributed by atoms with Crippen molar-refractivity contribution in [2.45, 2.75) is 9.22 Å². The Kier molecular flexibility index (Phi) is 4.29. The number of rotatable bonds is 3. The van der Waals surface area contributed by atoms with Gasteiger partial charge in [-0.25, -0.2) is 8.42 Å². The second kappa shape index (κ2) is 4.82.